The van der Waals surface area contributed by atoms with Gasteiger partial charge in [-0.2, -0.15) is 0 Å². The smallest absolute Gasteiger partial charge is 0.230 e. The summed E-state index contributed by atoms with van der Waals surface area (Å²) in [5, 5.41) is 4.39. The predicted molar refractivity (Wildman–Crippen MR) is 138 cm³/mol. The standard InChI is InChI=1S/C26H18BrClN2O2S/c1-2-31-23-8-3-5-17-13-21(25(32-24(17)23)29-20-7-4-6-19(28)14-20)26-30-22(15-33-26)16-9-11-18(27)12-10-16/h3-15H,2H2,1H3. The number of aromatic nitrogens is 1. The number of hydrogen-bond donors (Lipinski definition) is 0. The van der Waals surface area contributed by atoms with Crippen molar-refractivity contribution in [1.29, 1.82) is 0 Å². The molecule has 0 N–H and O–H groups in total. The van der Waals surface area contributed by atoms with Crippen LogP contribution in [-0.4, -0.2) is 11.6 Å². The van der Waals surface area contributed by atoms with Crippen molar-refractivity contribution >= 4 is 55.5 Å². The van der Waals surface area contributed by atoms with Crippen LogP contribution in [-0.2, 0) is 0 Å². The molecule has 0 amide bonds. The molecule has 0 spiro atoms. The van der Waals surface area contributed by atoms with E-state index in [1.54, 1.807) is 17.4 Å². The fourth-order valence-corrected chi connectivity index (χ4v) is 4.73. The second kappa shape index (κ2) is 9.51. The van der Waals surface area contributed by atoms with Crippen molar-refractivity contribution in [1.82, 2.24) is 4.98 Å². The molecule has 2 heterocycles. The number of hydrogen-bond acceptors (Lipinski definition) is 5. The summed E-state index contributed by atoms with van der Waals surface area (Å²) >= 11 is 11.2. The van der Waals surface area contributed by atoms with Crippen molar-refractivity contribution < 1.29 is 9.15 Å². The SMILES string of the molecule is CCOc1cccc2cc(-c3nc(-c4ccc(Br)cc4)cs3)c(=Nc3cccc(Cl)c3)oc12. The Bertz CT molecular complexity index is 1510. The van der Waals surface area contributed by atoms with Crippen molar-refractivity contribution in [2.75, 3.05) is 6.61 Å². The van der Waals surface area contributed by atoms with Gasteiger partial charge in [-0.15, -0.1) is 11.3 Å². The summed E-state index contributed by atoms with van der Waals surface area (Å²) in [6.45, 7) is 2.49. The van der Waals surface area contributed by atoms with Crippen molar-refractivity contribution in [3.05, 3.63) is 93.2 Å². The van der Waals surface area contributed by atoms with Gasteiger partial charge in [0.25, 0.3) is 0 Å². The van der Waals surface area contributed by atoms with Crippen molar-refractivity contribution in [3.8, 4) is 27.6 Å². The maximum atomic E-state index is 6.33. The van der Waals surface area contributed by atoms with E-state index in [0.29, 0.717) is 34.2 Å². The maximum absolute atomic E-state index is 6.33. The van der Waals surface area contributed by atoms with Crippen LogP contribution in [0.4, 0.5) is 5.69 Å². The van der Waals surface area contributed by atoms with E-state index in [9.17, 15) is 0 Å². The van der Waals surface area contributed by atoms with Crippen LogP contribution in [0.1, 0.15) is 6.92 Å². The molecule has 2 aromatic heterocycles. The van der Waals surface area contributed by atoms with Crippen LogP contribution in [0.2, 0.25) is 5.02 Å². The Morgan fingerprint density at radius 2 is 1.88 bits per heavy atom. The molecule has 3 aromatic carbocycles. The summed E-state index contributed by atoms with van der Waals surface area (Å²) in [5.41, 5.74) is 4.56. The number of rotatable bonds is 5. The molecule has 0 saturated heterocycles. The zero-order valence-corrected chi connectivity index (χ0v) is 20.7. The summed E-state index contributed by atoms with van der Waals surface area (Å²) in [6, 6.07) is 23.4. The van der Waals surface area contributed by atoms with Crippen LogP contribution < -0.4 is 10.3 Å². The van der Waals surface area contributed by atoms with Gasteiger partial charge in [0.05, 0.1) is 23.6 Å². The molecule has 7 heteroatoms. The fourth-order valence-electron chi connectivity index (χ4n) is 3.44. The number of fused-ring (bicyclic) bond motifs is 1. The third-order valence-electron chi connectivity index (χ3n) is 4.95. The van der Waals surface area contributed by atoms with Gasteiger partial charge in [-0.1, -0.05) is 57.9 Å². The van der Waals surface area contributed by atoms with Gasteiger partial charge in [-0.05, 0) is 49.4 Å². The lowest BCUT2D eigenvalue weighted by Gasteiger charge is -2.08. The highest BCUT2D eigenvalue weighted by Gasteiger charge is 2.14. The molecular formula is C26H18BrClN2O2S. The van der Waals surface area contributed by atoms with Gasteiger partial charge >= 0.3 is 0 Å². The maximum Gasteiger partial charge on any atom is 0.230 e. The number of halogens is 2. The van der Waals surface area contributed by atoms with Gasteiger partial charge in [0.1, 0.15) is 5.01 Å². The van der Waals surface area contributed by atoms with E-state index in [1.807, 2.05) is 73.0 Å². The van der Waals surface area contributed by atoms with Crippen LogP contribution in [0.5, 0.6) is 5.75 Å². The Labute approximate surface area is 208 Å². The van der Waals surface area contributed by atoms with Gasteiger partial charge in [-0.3, -0.25) is 0 Å². The topological polar surface area (TPSA) is 47.6 Å². The molecule has 0 bridgehead atoms. The number of nitrogens with zero attached hydrogens (tertiary/aromatic N) is 2. The predicted octanol–water partition coefficient (Wildman–Crippen LogP) is 8.27. The summed E-state index contributed by atoms with van der Waals surface area (Å²) in [6.07, 6.45) is 0. The molecule has 5 aromatic rings. The van der Waals surface area contributed by atoms with Crippen LogP contribution in [0.3, 0.4) is 0 Å². The van der Waals surface area contributed by atoms with Gasteiger partial charge in [0.2, 0.25) is 5.55 Å². The molecule has 164 valence electrons. The number of thiazole rings is 1. The minimum absolute atomic E-state index is 0.452. The molecule has 0 aliphatic heterocycles. The molecule has 0 aliphatic carbocycles. The van der Waals surface area contributed by atoms with Gasteiger partial charge in [0.15, 0.2) is 11.3 Å². The fraction of sp³-hybridized carbons (Fsp3) is 0.0769. The van der Waals surface area contributed by atoms with Crippen molar-refractivity contribution in [3.63, 3.8) is 0 Å². The first kappa shape index (κ1) is 21.9. The van der Waals surface area contributed by atoms with Crippen LogP contribution in [0.25, 0.3) is 32.8 Å². The highest BCUT2D eigenvalue weighted by atomic mass is 79.9. The molecule has 0 aliphatic rings. The lowest BCUT2D eigenvalue weighted by atomic mass is 10.1. The van der Waals surface area contributed by atoms with Gasteiger partial charge < -0.3 is 9.15 Å². The number of ether oxygens (including phenoxy) is 1. The Morgan fingerprint density at radius 3 is 2.67 bits per heavy atom. The molecule has 0 unspecified atom stereocenters. The van der Waals surface area contributed by atoms with Crippen LogP contribution in [0.15, 0.2) is 92.1 Å². The molecule has 0 atom stereocenters. The zero-order chi connectivity index (χ0) is 22.8. The van der Waals surface area contributed by atoms with E-state index < -0.39 is 0 Å². The monoisotopic (exact) mass is 536 g/mol. The van der Waals surface area contributed by atoms with Crippen LogP contribution in [0, 0.1) is 0 Å². The second-order valence-electron chi connectivity index (χ2n) is 7.21. The molecule has 4 nitrogen and oxygen atoms in total. The largest absolute Gasteiger partial charge is 0.490 e. The molecule has 0 fully saturated rings. The minimum atomic E-state index is 0.452. The number of benzene rings is 3. The zero-order valence-electron chi connectivity index (χ0n) is 17.6. The third kappa shape index (κ3) is 4.74. The van der Waals surface area contributed by atoms with E-state index in [1.165, 1.54) is 0 Å². The van der Waals surface area contributed by atoms with E-state index >= 15 is 0 Å². The lowest BCUT2D eigenvalue weighted by molar-refractivity contribution is 0.337. The van der Waals surface area contributed by atoms with Gasteiger partial charge in [0, 0.05) is 25.8 Å². The molecule has 5 rings (SSSR count). The summed E-state index contributed by atoms with van der Waals surface area (Å²) < 4.78 is 13.1. The molecule has 33 heavy (non-hydrogen) atoms. The summed E-state index contributed by atoms with van der Waals surface area (Å²) in [4.78, 5) is 9.67. The quantitative estimate of drug-likeness (QED) is 0.227. The third-order valence-corrected chi connectivity index (χ3v) is 6.59. The van der Waals surface area contributed by atoms with Crippen molar-refractivity contribution in [2.45, 2.75) is 6.92 Å². The summed E-state index contributed by atoms with van der Waals surface area (Å²) in [5.74, 6) is 0.679. The first-order valence-electron chi connectivity index (χ1n) is 10.3. The van der Waals surface area contributed by atoms with Crippen molar-refractivity contribution in [2.24, 2.45) is 4.99 Å². The molecular weight excluding hydrogens is 520 g/mol. The second-order valence-corrected chi connectivity index (χ2v) is 9.42. The average Bonchev–Trinajstić information content (AvgIpc) is 3.30. The Hall–Kier alpha value is -2.93. The lowest BCUT2D eigenvalue weighted by Crippen LogP contribution is -2.06. The Balaban J connectivity index is 1.71. The minimum Gasteiger partial charge on any atom is -0.490 e. The van der Waals surface area contributed by atoms with Gasteiger partial charge in [-0.25, -0.2) is 9.98 Å². The Morgan fingerprint density at radius 1 is 1.06 bits per heavy atom. The molecule has 0 saturated carbocycles. The first-order valence-corrected chi connectivity index (χ1v) is 12.4. The highest BCUT2D eigenvalue weighted by molar-refractivity contribution is 9.10. The molecule has 0 radical (unpaired) electrons. The van der Waals surface area contributed by atoms with E-state index in [4.69, 9.17) is 30.7 Å². The van der Waals surface area contributed by atoms with E-state index in [2.05, 4.69) is 22.0 Å². The number of para-hydroxylation sites is 1. The highest BCUT2D eigenvalue weighted by Crippen LogP contribution is 2.32. The van der Waals surface area contributed by atoms with E-state index in [0.717, 1.165) is 31.7 Å². The Kier molecular flexibility index (Phi) is 6.31. The summed E-state index contributed by atoms with van der Waals surface area (Å²) in [7, 11) is 0. The van der Waals surface area contributed by atoms with Crippen LogP contribution >= 0.6 is 38.9 Å². The average molecular weight is 538 g/mol. The normalized spacial score (nSPS) is 11.8. The van der Waals surface area contributed by atoms with E-state index in [-0.39, 0.29) is 0 Å². The first-order chi connectivity index (χ1) is 16.1.